The standard InChI is InChI=1S/C42H58O9Si/c1-20-21(2)23(4)39(22(20)3)52(40-27(8)33(46-14)30(43-11)24(5)36(40)49-17,41-28(9)34(47-15)31(44-12)25(6)37(41)50-18)42-29(10)35(48-16)32(45-13)26(7)38(42)51-19/h39H,1-19H3. The molecule has 1 aliphatic carbocycles. The van der Waals surface area contributed by atoms with Gasteiger partial charge < -0.3 is 42.6 Å². The van der Waals surface area contributed by atoms with Crippen LogP contribution in [0.4, 0.5) is 0 Å². The van der Waals surface area contributed by atoms with Gasteiger partial charge in [0.25, 0.3) is 0 Å². The van der Waals surface area contributed by atoms with Gasteiger partial charge in [0.15, 0.2) is 42.6 Å². The monoisotopic (exact) mass is 734 g/mol. The molecule has 0 N–H and O–H groups in total. The zero-order valence-corrected chi connectivity index (χ0v) is 35.8. The van der Waals surface area contributed by atoms with Gasteiger partial charge in [-0.25, -0.2) is 0 Å². The largest absolute Gasteiger partial charge is 0.496 e. The van der Waals surface area contributed by atoms with Crippen molar-refractivity contribution in [2.45, 2.75) is 74.8 Å². The van der Waals surface area contributed by atoms with Crippen LogP contribution in [0.3, 0.4) is 0 Å². The van der Waals surface area contributed by atoms with Crippen LogP contribution in [0, 0.1) is 41.5 Å². The number of ether oxygens (including phenoxy) is 9. The van der Waals surface area contributed by atoms with Crippen molar-refractivity contribution in [3.63, 3.8) is 0 Å². The van der Waals surface area contributed by atoms with Gasteiger partial charge in [-0.15, -0.1) is 0 Å². The van der Waals surface area contributed by atoms with Gasteiger partial charge >= 0.3 is 0 Å². The third-order valence-electron chi connectivity index (χ3n) is 11.6. The average molecular weight is 735 g/mol. The molecule has 0 saturated heterocycles. The summed E-state index contributed by atoms with van der Waals surface area (Å²) in [5.74, 6) is 5.83. The first-order valence-corrected chi connectivity index (χ1v) is 19.5. The van der Waals surface area contributed by atoms with Crippen LogP contribution >= 0.6 is 0 Å². The molecule has 3 aromatic rings. The molecule has 0 aliphatic heterocycles. The Labute approximate surface area is 311 Å². The third kappa shape index (κ3) is 5.39. The number of allylic oxidation sites excluding steroid dienone is 4. The average Bonchev–Trinajstić information content (AvgIpc) is 3.32. The Morgan fingerprint density at radius 3 is 0.673 bits per heavy atom. The highest BCUT2D eigenvalue weighted by atomic mass is 28.3. The maximum Gasteiger partial charge on any atom is 0.174 e. The second-order valence-corrected chi connectivity index (χ2v) is 17.2. The van der Waals surface area contributed by atoms with E-state index in [1.54, 1.807) is 64.0 Å². The van der Waals surface area contributed by atoms with Crippen LogP contribution in [0.15, 0.2) is 22.3 Å². The zero-order valence-electron chi connectivity index (χ0n) is 34.8. The van der Waals surface area contributed by atoms with E-state index < -0.39 is 8.07 Å². The fourth-order valence-corrected chi connectivity index (χ4v) is 16.6. The van der Waals surface area contributed by atoms with Crippen molar-refractivity contribution in [2.24, 2.45) is 0 Å². The van der Waals surface area contributed by atoms with Gasteiger partial charge in [0.05, 0.1) is 64.0 Å². The SMILES string of the molecule is COc1c(C)c(OC)c([Si](c2c(C)c(OC)c(OC)c(C)c2OC)(c2c(C)c(OC)c(OC)c(C)c2OC)C2C(C)=C(C)C(C)=C2C)c(C)c1OC. The second kappa shape index (κ2) is 15.3. The molecule has 52 heavy (non-hydrogen) atoms. The summed E-state index contributed by atoms with van der Waals surface area (Å²) < 4.78 is 56.7. The summed E-state index contributed by atoms with van der Waals surface area (Å²) in [4.78, 5) is 0. The second-order valence-electron chi connectivity index (χ2n) is 13.5. The summed E-state index contributed by atoms with van der Waals surface area (Å²) in [6.07, 6.45) is 0. The molecule has 0 aromatic heterocycles. The van der Waals surface area contributed by atoms with Crippen LogP contribution in [-0.2, 0) is 0 Å². The molecule has 0 atom stereocenters. The van der Waals surface area contributed by atoms with Gasteiger partial charge in [0, 0.05) is 22.2 Å². The first-order valence-electron chi connectivity index (χ1n) is 17.4. The normalized spacial score (nSPS) is 13.4. The first-order chi connectivity index (χ1) is 24.6. The van der Waals surface area contributed by atoms with E-state index in [1.165, 1.54) is 22.3 Å². The van der Waals surface area contributed by atoms with E-state index in [0.717, 1.165) is 48.9 Å². The first kappa shape index (κ1) is 40.3. The minimum atomic E-state index is -3.77. The molecule has 0 fully saturated rings. The van der Waals surface area contributed by atoms with Crippen LogP contribution in [0.2, 0.25) is 5.54 Å². The fraction of sp³-hybridized carbons (Fsp3) is 0.476. The highest BCUT2D eigenvalue weighted by Crippen LogP contribution is 2.54. The highest BCUT2D eigenvalue weighted by Gasteiger charge is 2.59. The summed E-state index contributed by atoms with van der Waals surface area (Å²) in [6.45, 7) is 21.3. The number of hydrogen-bond donors (Lipinski definition) is 0. The molecule has 284 valence electrons. The van der Waals surface area contributed by atoms with E-state index in [4.69, 9.17) is 42.6 Å². The molecule has 0 unspecified atom stereocenters. The van der Waals surface area contributed by atoms with E-state index in [1.807, 2.05) is 20.8 Å². The predicted molar refractivity (Wildman–Crippen MR) is 212 cm³/mol. The molecule has 9 nitrogen and oxygen atoms in total. The van der Waals surface area contributed by atoms with Crippen LogP contribution in [0.1, 0.15) is 61.1 Å². The Bertz CT molecular complexity index is 1770. The molecule has 4 rings (SSSR count). The summed E-state index contributed by atoms with van der Waals surface area (Å²) >= 11 is 0. The molecule has 1 aliphatic rings. The highest BCUT2D eigenvalue weighted by molar-refractivity contribution is 7.15. The van der Waals surface area contributed by atoms with Crippen molar-refractivity contribution in [1.29, 1.82) is 0 Å². The Balaban J connectivity index is 2.72. The van der Waals surface area contributed by atoms with Gasteiger partial charge in [-0.3, -0.25) is 0 Å². The van der Waals surface area contributed by atoms with Crippen LogP contribution in [0.25, 0.3) is 0 Å². The van der Waals surface area contributed by atoms with Gasteiger partial charge in [-0.05, 0) is 113 Å². The van der Waals surface area contributed by atoms with Gasteiger partial charge in [0.1, 0.15) is 17.2 Å². The van der Waals surface area contributed by atoms with Gasteiger partial charge in [0.2, 0.25) is 0 Å². The number of benzene rings is 3. The lowest BCUT2D eigenvalue weighted by atomic mass is 10.1. The van der Waals surface area contributed by atoms with Crippen molar-refractivity contribution in [1.82, 2.24) is 0 Å². The molecule has 0 amide bonds. The van der Waals surface area contributed by atoms with E-state index in [9.17, 15) is 0 Å². The number of methoxy groups -OCH3 is 9. The van der Waals surface area contributed by atoms with Gasteiger partial charge in [-0.2, -0.15) is 0 Å². The molecule has 0 heterocycles. The van der Waals surface area contributed by atoms with Crippen molar-refractivity contribution in [3.05, 3.63) is 55.7 Å². The fourth-order valence-electron chi connectivity index (χ4n) is 9.22. The lowest BCUT2D eigenvalue weighted by Crippen LogP contribution is -2.72. The van der Waals surface area contributed by atoms with Crippen molar-refractivity contribution in [3.8, 4) is 51.7 Å². The lowest BCUT2D eigenvalue weighted by molar-refractivity contribution is 0.344. The summed E-state index contributed by atoms with van der Waals surface area (Å²) in [7, 11) is 11.4. The molecule has 0 saturated carbocycles. The molecule has 3 aromatic carbocycles. The molecule has 0 bridgehead atoms. The summed E-state index contributed by atoms with van der Waals surface area (Å²) in [6, 6.07) is 0. The van der Waals surface area contributed by atoms with E-state index >= 15 is 0 Å². The molecule has 10 heteroatoms. The topological polar surface area (TPSA) is 83.1 Å². The Morgan fingerprint density at radius 2 is 0.481 bits per heavy atom. The van der Waals surface area contributed by atoms with Crippen LogP contribution < -0.4 is 58.2 Å². The van der Waals surface area contributed by atoms with E-state index in [-0.39, 0.29) is 5.54 Å². The third-order valence-corrected chi connectivity index (χ3v) is 17.5. The maximum atomic E-state index is 6.60. The smallest absolute Gasteiger partial charge is 0.174 e. The zero-order chi connectivity index (χ0) is 39.1. The summed E-state index contributed by atoms with van der Waals surface area (Å²) in [5, 5.41) is 2.99. The minimum absolute atomic E-state index is 0.159. The maximum absolute atomic E-state index is 6.60. The molecular formula is C42H58O9Si. The predicted octanol–water partition coefficient (Wildman–Crippen LogP) is 7.14. The Kier molecular flexibility index (Phi) is 11.8. The van der Waals surface area contributed by atoms with Crippen LogP contribution in [0.5, 0.6) is 51.7 Å². The molecule has 0 spiro atoms. The van der Waals surface area contributed by atoms with Gasteiger partial charge in [-0.1, -0.05) is 11.1 Å². The quantitative estimate of drug-likeness (QED) is 0.135. The lowest BCUT2D eigenvalue weighted by Gasteiger charge is -2.46. The van der Waals surface area contributed by atoms with Crippen LogP contribution in [-0.4, -0.2) is 72.1 Å². The Hall–Kier alpha value is -4.44. The van der Waals surface area contributed by atoms with Crippen molar-refractivity contribution >= 4 is 23.6 Å². The van der Waals surface area contributed by atoms with Crippen molar-refractivity contribution in [2.75, 3.05) is 64.0 Å². The number of hydrogen-bond acceptors (Lipinski definition) is 9. The summed E-state index contributed by atoms with van der Waals surface area (Å²) in [5.41, 5.74) is 9.94. The molecular weight excluding hydrogens is 677 g/mol. The number of rotatable bonds is 13. The Morgan fingerprint density at radius 1 is 0.288 bits per heavy atom. The van der Waals surface area contributed by atoms with E-state index in [2.05, 4.69) is 48.5 Å². The van der Waals surface area contributed by atoms with E-state index in [0.29, 0.717) is 51.7 Å². The van der Waals surface area contributed by atoms with Crippen molar-refractivity contribution < 1.29 is 42.6 Å². The molecule has 0 radical (unpaired) electrons. The minimum Gasteiger partial charge on any atom is -0.496 e.